The van der Waals surface area contributed by atoms with E-state index in [1.54, 1.807) is 0 Å². The summed E-state index contributed by atoms with van der Waals surface area (Å²) in [6, 6.07) is 6.69. The highest BCUT2D eigenvalue weighted by molar-refractivity contribution is 7.17. The van der Waals surface area contributed by atoms with Gasteiger partial charge >= 0.3 is 0 Å². The van der Waals surface area contributed by atoms with Crippen LogP contribution in [0, 0.1) is 0 Å². The van der Waals surface area contributed by atoms with E-state index in [4.69, 9.17) is 0 Å². The Bertz CT molecular complexity index is 384. The summed E-state index contributed by atoms with van der Waals surface area (Å²) >= 11 is 1.83. The summed E-state index contributed by atoms with van der Waals surface area (Å²) in [5, 5.41) is 3.60. The highest BCUT2D eigenvalue weighted by Gasteiger charge is 2.17. The zero-order valence-electron chi connectivity index (χ0n) is 4.72. The SMILES string of the molecule is c1cc2c3cc-3cc2s1. The molecule has 0 saturated heterocycles. The van der Waals surface area contributed by atoms with Gasteiger partial charge in [0.1, 0.15) is 0 Å². The first-order valence-corrected chi connectivity index (χ1v) is 3.85. The van der Waals surface area contributed by atoms with Crippen LogP contribution in [0.15, 0.2) is 23.6 Å². The molecule has 0 unspecified atom stereocenters. The molecular formula is C8H4S. The fourth-order valence-corrected chi connectivity index (χ4v) is 2.12. The Balaban J connectivity index is 2.74. The molecule has 0 N–H and O–H groups in total. The smallest absolute Gasteiger partial charge is 0.0355 e. The minimum atomic E-state index is 1.45. The van der Waals surface area contributed by atoms with Crippen LogP contribution in [0.4, 0.5) is 0 Å². The van der Waals surface area contributed by atoms with Gasteiger partial charge in [0, 0.05) is 10.1 Å². The van der Waals surface area contributed by atoms with Crippen LogP contribution in [0.25, 0.3) is 21.2 Å². The first-order chi connectivity index (χ1) is 4.45. The van der Waals surface area contributed by atoms with Crippen molar-refractivity contribution in [1.82, 2.24) is 0 Å². The normalized spacial score (nSPS) is 12.4. The van der Waals surface area contributed by atoms with Gasteiger partial charge in [-0.1, -0.05) is 0 Å². The molecule has 1 heteroatoms. The van der Waals surface area contributed by atoms with E-state index in [9.17, 15) is 0 Å². The lowest BCUT2D eigenvalue weighted by Gasteiger charge is -1.68. The number of rotatable bonds is 0. The molecule has 2 aliphatic rings. The van der Waals surface area contributed by atoms with Gasteiger partial charge in [0.15, 0.2) is 0 Å². The van der Waals surface area contributed by atoms with E-state index in [0.717, 1.165) is 0 Å². The highest BCUT2D eigenvalue weighted by Crippen LogP contribution is 2.44. The monoisotopic (exact) mass is 132 g/mol. The minimum absolute atomic E-state index is 1.45. The second-order valence-electron chi connectivity index (χ2n) is 2.36. The Morgan fingerprint density at radius 3 is 3.11 bits per heavy atom. The molecule has 1 aromatic rings. The average molecular weight is 132 g/mol. The van der Waals surface area contributed by atoms with Crippen LogP contribution in [0.5, 0.6) is 0 Å². The third-order valence-electron chi connectivity index (χ3n) is 1.80. The van der Waals surface area contributed by atoms with Gasteiger partial charge < -0.3 is 0 Å². The molecule has 0 aliphatic heterocycles. The predicted molar refractivity (Wildman–Crippen MR) is 40.8 cm³/mol. The van der Waals surface area contributed by atoms with Crippen molar-refractivity contribution in [1.29, 1.82) is 0 Å². The van der Waals surface area contributed by atoms with Gasteiger partial charge in [0.05, 0.1) is 0 Å². The Morgan fingerprint density at radius 1 is 1.22 bits per heavy atom. The fourth-order valence-electron chi connectivity index (χ4n) is 1.27. The maximum atomic E-state index is 2.26. The number of fused-ring (bicyclic) bond motifs is 3. The maximum absolute atomic E-state index is 2.26. The minimum Gasteiger partial charge on any atom is -0.144 e. The molecular weight excluding hydrogens is 128 g/mol. The largest absolute Gasteiger partial charge is 0.144 e. The summed E-state index contributed by atoms with van der Waals surface area (Å²) in [6.07, 6.45) is 0. The molecule has 42 valence electrons. The van der Waals surface area contributed by atoms with Crippen LogP contribution in [0.2, 0.25) is 0 Å². The van der Waals surface area contributed by atoms with E-state index in [2.05, 4.69) is 23.6 Å². The standard InChI is InChI=1S/C8H4S/c1-2-9-8-4-5-3-7(5)6(1)8/h1-4H. The topological polar surface area (TPSA) is 0 Å². The van der Waals surface area contributed by atoms with Crippen LogP contribution in [0.1, 0.15) is 0 Å². The third kappa shape index (κ3) is 0.359. The maximum Gasteiger partial charge on any atom is 0.0355 e. The summed E-state index contributed by atoms with van der Waals surface area (Å²) in [4.78, 5) is 0. The van der Waals surface area contributed by atoms with Crippen molar-refractivity contribution in [3.63, 3.8) is 0 Å². The van der Waals surface area contributed by atoms with Gasteiger partial charge in [-0.3, -0.25) is 0 Å². The Morgan fingerprint density at radius 2 is 2.22 bits per heavy atom. The number of thiophene rings is 1. The quantitative estimate of drug-likeness (QED) is 0.441. The van der Waals surface area contributed by atoms with Crippen LogP contribution in [0.3, 0.4) is 0 Å². The van der Waals surface area contributed by atoms with Gasteiger partial charge in [-0.2, -0.15) is 0 Å². The molecule has 0 amide bonds. The van der Waals surface area contributed by atoms with E-state index in [0.29, 0.717) is 0 Å². The van der Waals surface area contributed by atoms with Crippen LogP contribution in [-0.4, -0.2) is 0 Å². The van der Waals surface area contributed by atoms with Crippen molar-refractivity contribution in [2.24, 2.45) is 0 Å². The third-order valence-corrected chi connectivity index (χ3v) is 2.66. The second-order valence-corrected chi connectivity index (χ2v) is 3.30. The zero-order valence-corrected chi connectivity index (χ0v) is 5.53. The predicted octanol–water partition coefficient (Wildman–Crippen LogP) is 2.88. The molecule has 0 saturated carbocycles. The van der Waals surface area contributed by atoms with Gasteiger partial charge in [-0.05, 0) is 34.7 Å². The lowest BCUT2D eigenvalue weighted by atomic mass is 10.4. The summed E-state index contributed by atoms with van der Waals surface area (Å²) in [6.45, 7) is 0. The summed E-state index contributed by atoms with van der Waals surface area (Å²) in [5.74, 6) is 0. The number of hydrogen-bond acceptors (Lipinski definition) is 1. The molecule has 3 rings (SSSR count). The van der Waals surface area contributed by atoms with E-state index >= 15 is 0 Å². The first kappa shape index (κ1) is 4.07. The summed E-state index contributed by atoms with van der Waals surface area (Å²) in [7, 11) is 0. The van der Waals surface area contributed by atoms with E-state index in [-0.39, 0.29) is 0 Å². The number of hydrogen-bond donors (Lipinski definition) is 0. The first-order valence-electron chi connectivity index (χ1n) is 2.97. The lowest BCUT2D eigenvalue weighted by molar-refractivity contribution is 2.18. The summed E-state index contributed by atoms with van der Waals surface area (Å²) in [5.41, 5.74) is 2.93. The van der Waals surface area contributed by atoms with Gasteiger partial charge in [-0.15, -0.1) is 11.3 Å². The molecule has 9 heavy (non-hydrogen) atoms. The Labute approximate surface area is 56.7 Å². The van der Waals surface area contributed by atoms with Gasteiger partial charge in [0.25, 0.3) is 0 Å². The van der Waals surface area contributed by atoms with Crippen molar-refractivity contribution >= 4 is 21.4 Å². The van der Waals surface area contributed by atoms with E-state index in [1.807, 2.05) is 11.3 Å². The van der Waals surface area contributed by atoms with Gasteiger partial charge in [-0.25, -0.2) is 0 Å². The van der Waals surface area contributed by atoms with Crippen LogP contribution in [-0.2, 0) is 0 Å². The average Bonchev–Trinajstić information content (AvgIpc) is 2.38. The fraction of sp³-hybridized carbons (Fsp3) is 0. The zero-order chi connectivity index (χ0) is 5.84. The molecule has 0 bridgehead atoms. The second kappa shape index (κ2) is 1.05. The van der Waals surface area contributed by atoms with Crippen LogP contribution < -0.4 is 0 Å². The Hall–Kier alpha value is -0.820. The molecule has 0 radical (unpaired) electrons. The molecule has 0 fully saturated rings. The molecule has 0 spiro atoms. The molecule has 2 aliphatic carbocycles. The van der Waals surface area contributed by atoms with E-state index < -0.39 is 0 Å². The Kier molecular flexibility index (Phi) is 0.474. The number of benzene rings is 1. The van der Waals surface area contributed by atoms with Crippen molar-refractivity contribution in [2.45, 2.75) is 0 Å². The molecule has 1 aromatic heterocycles. The van der Waals surface area contributed by atoms with Crippen molar-refractivity contribution in [3.05, 3.63) is 23.6 Å². The van der Waals surface area contributed by atoms with Crippen LogP contribution >= 0.6 is 11.3 Å². The molecule has 0 nitrogen and oxygen atoms in total. The summed E-state index contributed by atoms with van der Waals surface area (Å²) < 4.78 is 1.45. The van der Waals surface area contributed by atoms with Crippen molar-refractivity contribution < 1.29 is 0 Å². The van der Waals surface area contributed by atoms with Gasteiger partial charge in [0.2, 0.25) is 0 Å². The molecule has 0 atom stereocenters. The van der Waals surface area contributed by atoms with E-state index in [1.165, 1.54) is 21.2 Å². The van der Waals surface area contributed by atoms with Crippen molar-refractivity contribution in [3.8, 4) is 11.1 Å². The highest BCUT2D eigenvalue weighted by atomic mass is 32.1. The lowest BCUT2D eigenvalue weighted by Crippen LogP contribution is -1.40. The molecule has 0 aromatic carbocycles. The van der Waals surface area contributed by atoms with Crippen molar-refractivity contribution in [2.75, 3.05) is 0 Å². The molecule has 1 heterocycles.